The number of likely N-dealkylation sites (tertiary alicyclic amines) is 1. The maximum absolute atomic E-state index is 13.1. The monoisotopic (exact) mass is 419 g/mol. The van der Waals surface area contributed by atoms with Crippen LogP contribution in [0.15, 0.2) is 76.9 Å². The lowest BCUT2D eigenvalue weighted by molar-refractivity contribution is -0.140. The second kappa shape index (κ2) is 8.39. The Labute approximate surface area is 179 Å². The number of nitrogens with zero attached hydrogens (tertiary/aromatic N) is 1. The third-order valence-electron chi connectivity index (χ3n) is 5.24. The summed E-state index contributed by atoms with van der Waals surface area (Å²) in [5.41, 5.74) is 0.980. The van der Waals surface area contributed by atoms with Crippen molar-refractivity contribution in [3.05, 3.63) is 89.4 Å². The Morgan fingerprint density at radius 1 is 1.00 bits per heavy atom. The predicted octanol–water partition coefficient (Wildman–Crippen LogP) is 3.92. The smallest absolute Gasteiger partial charge is 0.296 e. The Morgan fingerprint density at radius 2 is 1.74 bits per heavy atom. The molecular formula is C24H21NO6. The third kappa shape index (κ3) is 3.66. The number of amides is 1. The lowest BCUT2D eigenvalue weighted by Gasteiger charge is -2.25. The first-order valence-corrected chi connectivity index (χ1v) is 9.63. The zero-order valence-electron chi connectivity index (χ0n) is 17.1. The van der Waals surface area contributed by atoms with Gasteiger partial charge in [-0.05, 0) is 42.5 Å². The summed E-state index contributed by atoms with van der Waals surface area (Å²) in [4.78, 5) is 27.4. The topological polar surface area (TPSA) is 89.2 Å². The quantitative estimate of drug-likeness (QED) is 0.370. The first kappa shape index (κ1) is 20.3. The van der Waals surface area contributed by atoms with Crippen molar-refractivity contribution in [2.45, 2.75) is 12.6 Å². The summed E-state index contributed by atoms with van der Waals surface area (Å²) in [6.07, 6.45) is 1.50. The lowest BCUT2D eigenvalue weighted by atomic mass is 9.94. The highest BCUT2D eigenvalue weighted by Gasteiger charge is 2.47. The number of furan rings is 1. The number of rotatable bonds is 6. The molecule has 1 unspecified atom stereocenters. The molecule has 2 heterocycles. The standard InChI is InChI=1S/C24H21NO6/c1-29-16-11-9-15(10-12-16)22(26)20-21(18-7-3-4-8-19(18)30-2)25(24(28)23(20)27)14-17-6-5-13-31-17/h3-13,21,26H,14H2,1-2H3. The molecule has 1 aliphatic heterocycles. The highest BCUT2D eigenvalue weighted by atomic mass is 16.5. The van der Waals surface area contributed by atoms with E-state index in [9.17, 15) is 14.7 Å². The fourth-order valence-corrected chi connectivity index (χ4v) is 3.73. The van der Waals surface area contributed by atoms with Crippen molar-refractivity contribution in [2.24, 2.45) is 0 Å². The molecule has 7 nitrogen and oxygen atoms in total. The second-order valence-electron chi connectivity index (χ2n) is 6.98. The molecule has 3 aromatic rings. The van der Waals surface area contributed by atoms with E-state index in [-0.39, 0.29) is 17.9 Å². The summed E-state index contributed by atoms with van der Waals surface area (Å²) in [7, 11) is 3.05. The molecule has 0 saturated carbocycles. The molecule has 1 saturated heterocycles. The largest absolute Gasteiger partial charge is 0.507 e. The van der Waals surface area contributed by atoms with Gasteiger partial charge in [0.15, 0.2) is 0 Å². The van der Waals surface area contributed by atoms with Crippen molar-refractivity contribution >= 4 is 17.4 Å². The van der Waals surface area contributed by atoms with E-state index in [2.05, 4.69) is 0 Å². The van der Waals surface area contributed by atoms with Crippen molar-refractivity contribution in [1.82, 2.24) is 4.90 Å². The van der Waals surface area contributed by atoms with Crippen LogP contribution in [0.2, 0.25) is 0 Å². The molecule has 1 N–H and O–H groups in total. The van der Waals surface area contributed by atoms with Crippen LogP contribution < -0.4 is 9.47 Å². The van der Waals surface area contributed by atoms with E-state index in [0.29, 0.717) is 28.4 Å². The molecule has 4 rings (SSSR count). The molecule has 1 aromatic heterocycles. The van der Waals surface area contributed by atoms with Gasteiger partial charge in [-0.2, -0.15) is 0 Å². The number of Topliss-reactive ketones (excluding diaryl/α,β-unsaturated/α-hetero) is 1. The summed E-state index contributed by atoms with van der Waals surface area (Å²) < 4.78 is 16.0. The van der Waals surface area contributed by atoms with Crippen LogP contribution in [0, 0.1) is 0 Å². The average molecular weight is 419 g/mol. The van der Waals surface area contributed by atoms with E-state index >= 15 is 0 Å². The highest BCUT2D eigenvalue weighted by Crippen LogP contribution is 2.43. The van der Waals surface area contributed by atoms with Crippen LogP contribution in [0.3, 0.4) is 0 Å². The Bertz CT molecular complexity index is 1130. The van der Waals surface area contributed by atoms with Crippen LogP contribution in [0.5, 0.6) is 11.5 Å². The van der Waals surface area contributed by atoms with E-state index in [0.717, 1.165) is 0 Å². The van der Waals surface area contributed by atoms with E-state index < -0.39 is 17.7 Å². The van der Waals surface area contributed by atoms with Crippen LogP contribution in [-0.2, 0) is 16.1 Å². The molecule has 2 aromatic carbocycles. The average Bonchev–Trinajstić information content (AvgIpc) is 3.41. The SMILES string of the molecule is COc1ccc(C(O)=C2C(=O)C(=O)N(Cc3ccco3)C2c2ccccc2OC)cc1. The first-order chi connectivity index (χ1) is 15.0. The Balaban J connectivity index is 1.88. The van der Waals surface area contributed by atoms with Crippen molar-refractivity contribution < 1.29 is 28.6 Å². The van der Waals surface area contributed by atoms with Gasteiger partial charge in [0.25, 0.3) is 11.7 Å². The molecule has 1 atom stereocenters. The van der Waals surface area contributed by atoms with E-state index in [1.807, 2.05) is 0 Å². The van der Waals surface area contributed by atoms with Crippen LogP contribution in [0.1, 0.15) is 22.9 Å². The predicted molar refractivity (Wildman–Crippen MR) is 113 cm³/mol. The van der Waals surface area contributed by atoms with Crippen LogP contribution in [0.25, 0.3) is 5.76 Å². The van der Waals surface area contributed by atoms with E-state index in [1.165, 1.54) is 25.4 Å². The minimum atomic E-state index is -0.844. The molecule has 0 bridgehead atoms. The van der Waals surface area contributed by atoms with Crippen molar-refractivity contribution in [1.29, 1.82) is 0 Å². The number of aliphatic hydroxyl groups is 1. The van der Waals surface area contributed by atoms with E-state index in [4.69, 9.17) is 13.9 Å². The molecule has 158 valence electrons. The van der Waals surface area contributed by atoms with Crippen LogP contribution >= 0.6 is 0 Å². The number of carbonyl (C=O) groups is 2. The number of aliphatic hydroxyl groups excluding tert-OH is 1. The molecule has 1 fully saturated rings. The van der Waals surface area contributed by atoms with Gasteiger partial charge < -0.3 is 23.9 Å². The van der Waals surface area contributed by atoms with Crippen LogP contribution in [0.4, 0.5) is 0 Å². The van der Waals surface area contributed by atoms with Crippen molar-refractivity contribution in [3.8, 4) is 11.5 Å². The summed E-state index contributed by atoms with van der Waals surface area (Å²) >= 11 is 0. The molecule has 0 spiro atoms. The fraction of sp³-hybridized carbons (Fsp3) is 0.167. The number of hydrogen-bond donors (Lipinski definition) is 1. The van der Waals surface area contributed by atoms with Crippen molar-refractivity contribution in [3.63, 3.8) is 0 Å². The van der Waals surface area contributed by atoms with Gasteiger partial charge in [0.1, 0.15) is 23.0 Å². The van der Waals surface area contributed by atoms with Gasteiger partial charge >= 0.3 is 0 Å². The van der Waals surface area contributed by atoms with Gasteiger partial charge in [-0.1, -0.05) is 18.2 Å². The van der Waals surface area contributed by atoms with Gasteiger partial charge in [0.05, 0.1) is 38.6 Å². The maximum atomic E-state index is 13.1. The molecule has 1 amide bonds. The van der Waals surface area contributed by atoms with Gasteiger partial charge in [0.2, 0.25) is 0 Å². The zero-order chi connectivity index (χ0) is 22.0. The normalized spacial score (nSPS) is 17.7. The Morgan fingerprint density at radius 3 is 2.39 bits per heavy atom. The number of methoxy groups -OCH3 is 2. The summed E-state index contributed by atoms with van der Waals surface area (Å²) in [5, 5.41) is 11.1. The molecular weight excluding hydrogens is 398 g/mol. The number of ether oxygens (including phenoxy) is 2. The van der Waals surface area contributed by atoms with Gasteiger partial charge in [-0.15, -0.1) is 0 Å². The van der Waals surface area contributed by atoms with Crippen LogP contribution in [-0.4, -0.2) is 35.9 Å². The summed E-state index contributed by atoms with van der Waals surface area (Å²) in [6.45, 7) is 0.0691. The third-order valence-corrected chi connectivity index (χ3v) is 5.24. The minimum Gasteiger partial charge on any atom is -0.507 e. The van der Waals surface area contributed by atoms with Gasteiger partial charge in [-0.3, -0.25) is 9.59 Å². The summed E-state index contributed by atoms with van der Waals surface area (Å²) in [5.74, 6) is -0.126. The highest BCUT2D eigenvalue weighted by molar-refractivity contribution is 6.46. The molecule has 0 aliphatic carbocycles. The number of para-hydroxylation sites is 1. The first-order valence-electron chi connectivity index (χ1n) is 9.63. The zero-order valence-corrected chi connectivity index (χ0v) is 17.1. The molecule has 7 heteroatoms. The number of carbonyl (C=O) groups excluding carboxylic acids is 2. The molecule has 0 radical (unpaired) electrons. The van der Waals surface area contributed by atoms with Crippen molar-refractivity contribution in [2.75, 3.05) is 14.2 Å². The molecule has 1 aliphatic rings. The second-order valence-corrected chi connectivity index (χ2v) is 6.98. The minimum absolute atomic E-state index is 0.00813. The number of hydrogen-bond acceptors (Lipinski definition) is 6. The van der Waals surface area contributed by atoms with E-state index in [1.54, 1.807) is 60.7 Å². The maximum Gasteiger partial charge on any atom is 0.296 e. The molecule has 31 heavy (non-hydrogen) atoms. The number of ketones is 1. The Hall–Kier alpha value is -4.00. The number of benzene rings is 2. The fourth-order valence-electron chi connectivity index (χ4n) is 3.73. The lowest BCUT2D eigenvalue weighted by Crippen LogP contribution is -2.29. The van der Waals surface area contributed by atoms with Gasteiger partial charge in [-0.25, -0.2) is 0 Å². The summed E-state index contributed by atoms with van der Waals surface area (Å²) in [6, 6.07) is 16.3. The van der Waals surface area contributed by atoms with Gasteiger partial charge in [0, 0.05) is 11.1 Å². The Kier molecular flexibility index (Phi) is 5.49.